The third-order valence-corrected chi connectivity index (χ3v) is 7.27. The first kappa shape index (κ1) is 18.5. The number of rotatable bonds is 12. The van der Waals surface area contributed by atoms with Crippen LogP contribution in [0.25, 0.3) is 0 Å². The van der Waals surface area contributed by atoms with Crippen molar-refractivity contribution in [2.45, 2.75) is 43.3 Å². The van der Waals surface area contributed by atoms with E-state index in [2.05, 4.69) is 0 Å². The van der Waals surface area contributed by atoms with E-state index in [1.165, 1.54) is 0 Å². The molecule has 0 fully saturated rings. The number of hydrogen-bond acceptors (Lipinski definition) is 5. The van der Waals surface area contributed by atoms with Gasteiger partial charge < -0.3 is 0 Å². The van der Waals surface area contributed by atoms with Crippen LogP contribution in [0.4, 0.5) is 0 Å². The van der Waals surface area contributed by atoms with E-state index in [-0.39, 0.29) is 16.9 Å². The summed E-state index contributed by atoms with van der Waals surface area (Å²) in [6.07, 6.45) is 2.99. The molecule has 6 heteroatoms. The SMILES string of the molecule is CC[O][Ti]([O]CC)[C](CCO)(CCO)CCCN. The predicted octanol–water partition coefficient (Wildman–Crippen LogP) is 1.17. The molecule has 0 aromatic heterocycles. The Hall–Kier alpha value is 0.514. The average molecular weight is 298 g/mol. The zero-order chi connectivity index (χ0) is 13.9. The minimum absolute atomic E-state index is 0.0984. The summed E-state index contributed by atoms with van der Waals surface area (Å²) in [7, 11) is 0. The monoisotopic (exact) mass is 298 g/mol. The van der Waals surface area contributed by atoms with Gasteiger partial charge in [-0.2, -0.15) is 0 Å². The van der Waals surface area contributed by atoms with Gasteiger partial charge in [-0.3, -0.25) is 0 Å². The number of aliphatic hydroxyl groups excluding tert-OH is 2. The quantitative estimate of drug-likeness (QED) is 0.471. The van der Waals surface area contributed by atoms with Gasteiger partial charge in [0.1, 0.15) is 0 Å². The van der Waals surface area contributed by atoms with Crippen molar-refractivity contribution in [1.29, 1.82) is 0 Å². The molecule has 4 N–H and O–H groups in total. The maximum absolute atomic E-state index is 9.32. The van der Waals surface area contributed by atoms with E-state index in [9.17, 15) is 10.2 Å². The van der Waals surface area contributed by atoms with Crippen LogP contribution >= 0.6 is 0 Å². The molecule has 5 nitrogen and oxygen atoms in total. The van der Waals surface area contributed by atoms with Crippen LogP contribution in [0.5, 0.6) is 0 Å². The van der Waals surface area contributed by atoms with Crippen LogP contribution in [0.3, 0.4) is 0 Å². The van der Waals surface area contributed by atoms with E-state index in [0.29, 0.717) is 32.6 Å². The van der Waals surface area contributed by atoms with E-state index < -0.39 is 18.6 Å². The second kappa shape index (κ2) is 11.4. The molecule has 0 saturated heterocycles. The van der Waals surface area contributed by atoms with Crippen LogP contribution in [0.2, 0.25) is 3.72 Å². The summed E-state index contributed by atoms with van der Waals surface area (Å²) in [4.78, 5) is 0. The zero-order valence-corrected chi connectivity index (χ0v) is 13.2. The molecule has 0 aliphatic carbocycles. The molecule has 0 radical (unpaired) electrons. The first-order valence-corrected chi connectivity index (χ1v) is 8.81. The maximum atomic E-state index is 9.32. The van der Waals surface area contributed by atoms with Crippen molar-refractivity contribution in [3.8, 4) is 0 Å². The Labute approximate surface area is 117 Å². The van der Waals surface area contributed by atoms with Gasteiger partial charge in [-0.15, -0.1) is 0 Å². The van der Waals surface area contributed by atoms with E-state index in [1.807, 2.05) is 13.8 Å². The Balaban J connectivity index is 4.91. The zero-order valence-electron chi connectivity index (χ0n) is 11.7. The van der Waals surface area contributed by atoms with E-state index in [1.54, 1.807) is 0 Å². The van der Waals surface area contributed by atoms with Crippen LogP contribution in [-0.2, 0) is 25.3 Å². The Morgan fingerprint density at radius 1 is 1.00 bits per heavy atom. The first-order valence-electron chi connectivity index (χ1n) is 6.75. The van der Waals surface area contributed by atoms with Crippen molar-refractivity contribution >= 4 is 0 Å². The van der Waals surface area contributed by atoms with Crippen molar-refractivity contribution < 1.29 is 35.5 Å². The fourth-order valence-electron chi connectivity index (χ4n) is 2.16. The van der Waals surface area contributed by atoms with E-state index in [4.69, 9.17) is 12.4 Å². The Bertz CT molecular complexity index is 183. The van der Waals surface area contributed by atoms with Crippen LogP contribution in [0.1, 0.15) is 39.5 Å². The van der Waals surface area contributed by atoms with E-state index in [0.717, 1.165) is 12.8 Å². The molecular weight excluding hydrogens is 270 g/mol. The Morgan fingerprint density at radius 2 is 1.50 bits per heavy atom. The fraction of sp³-hybridized carbons (Fsp3) is 1.00. The van der Waals surface area contributed by atoms with Gasteiger partial charge in [0, 0.05) is 0 Å². The van der Waals surface area contributed by atoms with Gasteiger partial charge in [0.05, 0.1) is 0 Å². The molecule has 0 heterocycles. The molecule has 0 unspecified atom stereocenters. The van der Waals surface area contributed by atoms with Crippen LogP contribution in [-0.4, -0.2) is 43.2 Å². The van der Waals surface area contributed by atoms with Gasteiger partial charge >= 0.3 is 117 Å². The molecule has 0 atom stereocenters. The summed E-state index contributed by atoms with van der Waals surface area (Å²) < 4.78 is 11.5. The topological polar surface area (TPSA) is 84.9 Å². The van der Waals surface area contributed by atoms with E-state index >= 15 is 0 Å². The predicted molar refractivity (Wildman–Crippen MR) is 67.6 cm³/mol. The van der Waals surface area contributed by atoms with Gasteiger partial charge in [0.25, 0.3) is 0 Å². The summed E-state index contributed by atoms with van der Waals surface area (Å²) in [5, 5.41) is 18.6. The molecule has 0 bridgehead atoms. The van der Waals surface area contributed by atoms with Crippen LogP contribution in [0, 0.1) is 0 Å². The van der Waals surface area contributed by atoms with Gasteiger partial charge in [0.15, 0.2) is 0 Å². The molecule has 0 aliphatic rings. The number of aliphatic hydroxyl groups is 2. The molecular formula is C12H28NO4Ti. The second-order valence-electron chi connectivity index (χ2n) is 4.27. The first-order chi connectivity index (χ1) is 8.70. The fourth-order valence-corrected chi connectivity index (χ4v) is 5.65. The minimum atomic E-state index is -2.23. The average Bonchev–Trinajstić information content (AvgIpc) is 2.36. The molecule has 0 spiro atoms. The number of hydrogen-bond donors (Lipinski definition) is 3. The normalized spacial score (nSPS) is 11.8. The third kappa shape index (κ3) is 6.11. The molecule has 0 amide bonds. The summed E-state index contributed by atoms with van der Waals surface area (Å²) in [5.74, 6) is 0. The van der Waals surface area contributed by atoms with Crippen molar-refractivity contribution in [1.82, 2.24) is 0 Å². The molecule has 0 aromatic rings. The number of nitrogens with two attached hydrogens (primary N) is 1. The Kier molecular flexibility index (Phi) is 11.7. The van der Waals surface area contributed by atoms with Crippen molar-refractivity contribution in [2.24, 2.45) is 5.73 Å². The molecule has 0 aromatic carbocycles. The van der Waals surface area contributed by atoms with Gasteiger partial charge in [-0.1, -0.05) is 0 Å². The van der Waals surface area contributed by atoms with Gasteiger partial charge in [-0.05, 0) is 0 Å². The van der Waals surface area contributed by atoms with Crippen molar-refractivity contribution in [3.05, 3.63) is 0 Å². The molecule has 18 heavy (non-hydrogen) atoms. The molecule has 0 aliphatic heterocycles. The third-order valence-electron chi connectivity index (χ3n) is 3.02. The summed E-state index contributed by atoms with van der Waals surface area (Å²) >= 11 is -2.23. The van der Waals surface area contributed by atoms with Crippen LogP contribution < -0.4 is 5.73 Å². The second-order valence-corrected chi connectivity index (χ2v) is 7.73. The van der Waals surface area contributed by atoms with Crippen LogP contribution in [0.15, 0.2) is 0 Å². The standard InChI is InChI=1S/C8H18NO2.2C2H5O.Ti/c9-5-1-2-8(3-6-10)4-7-11;2*1-2-3;/h10-11H,1-7,9H2;2*2H2,1H3;/q;2*-1;+2. The Morgan fingerprint density at radius 3 is 1.83 bits per heavy atom. The summed E-state index contributed by atoms with van der Waals surface area (Å²) in [6.45, 7) is 5.97. The van der Waals surface area contributed by atoms with Crippen molar-refractivity contribution in [3.63, 3.8) is 0 Å². The summed E-state index contributed by atoms with van der Waals surface area (Å²) in [6, 6.07) is 0. The molecule has 0 rings (SSSR count). The van der Waals surface area contributed by atoms with Gasteiger partial charge in [0.2, 0.25) is 0 Å². The van der Waals surface area contributed by atoms with Crippen molar-refractivity contribution in [2.75, 3.05) is 33.0 Å². The molecule has 109 valence electrons. The van der Waals surface area contributed by atoms with Gasteiger partial charge in [-0.25, -0.2) is 0 Å². The summed E-state index contributed by atoms with van der Waals surface area (Å²) in [5.41, 5.74) is 5.59. The molecule has 0 saturated carbocycles.